The largest absolute Gasteiger partial charge is 0.490 e. The van der Waals surface area contributed by atoms with Gasteiger partial charge < -0.3 is 9.47 Å². The quantitative estimate of drug-likeness (QED) is 0.490. The molecule has 2 aromatic carbocycles. The molecule has 0 spiro atoms. The molecule has 0 unspecified atom stereocenters. The van der Waals surface area contributed by atoms with E-state index >= 15 is 0 Å². The molecule has 0 saturated carbocycles. The Morgan fingerprint density at radius 2 is 1.93 bits per heavy atom. The molecule has 1 aliphatic heterocycles. The lowest BCUT2D eigenvalue weighted by Gasteiger charge is -2.11. The number of carbonyl (C=O) groups excluding carboxylic acids is 1. The number of ether oxygens (including phenoxy) is 2. The van der Waals surface area contributed by atoms with Crippen molar-refractivity contribution in [1.29, 1.82) is 0 Å². The summed E-state index contributed by atoms with van der Waals surface area (Å²) >= 11 is 1.35. The van der Waals surface area contributed by atoms with Gasteiger partial charge in [-0.05, 0) is 79.6 Å². The van der Waals surface area contributed by atoms with Gasteiger partial charge in [-0.2, -0.15) is 0 Å². The van der Waals surface area contributed by atoms with Crippen LogP contribution in [-0.2, 0) is 4.79 Å². The molecule has 1 aliphatic rings. The Morgan fingerprint density at radius 1 is 1.13 bits per heavy atom. The normalized spacial score (nSPS) is 16.2. The Kier molecular flexibility index (Phi) is 6.86. The van der Waals surface area contributed by atoms with Crippen molar-refractivity contribution in [1.82, 2.24) is 4.90 Å². The van der Waals surface area contributed by atoms with Crippen molar-refractivity contribution in [2.45, 2.75) is 20.8 Å². The van der Waals surface area contributed by atoms with E-state index in [1.165, 1.54) is 22.9 Å². The van der Waals surface area contributed by atoms with Crippen molar-refractivity contribution in [2.24, 2.45) is 4.99 Å². The summed E-state index contributed by atoms with van der Waals surface area (Å²) in [6.45, 7) is 6.67. The average Bonchev–Trinajstić information content (AvgIpc) is 2.98. The van der Waals surface area contributed by atoms with Gasteiger partial charge in [0.25, 0.3) is 5.91 Å². The van der Waals surface area contributed by atoms with Crippen molar-refractivity contribution in [3.8, 4) is 23.8 Å². The minimum atomic E-state index is -0.0896. The number of carbonyl (C=O) groups is 1. The summed E-state index contributed by atoms with van der Waals surface area (Å²) in [5.74, 6) is 3.53. The SMILES string of the molecule is C#CCOc1ccc(/C=C2\SC(=Nc3ccc(C)c(C)c3)N(C)C2=O)cc1OCC. The number of aliphatic imine (C=N–C) groups is 1. The molecular formula is C24H24N2O3S. The molecule has 1 heterocycles. The summed E-state index contributed by atoms with van der Waals surface area (Å²) in [6.07, 6.45) is 7.10. The van der Waals surface area contributed by atoms with Crippen LogP contribution in [-0.4, -0.2) is 36.2 Å². The second-order valence-electron chi connectivity index (χ2n) is 6.77. The molecule has 0 aliphatic carbocycles. The zero-order valence-corrected chi connectivity index (χ0v) is 18.4. The minimum absolute atomic E-state index is 0.0896. The maximum atomic E-state index is 12.7. The van der Waals surface area contributed by atoms with Gasteiger partial charge in [0.1, 0.15) is 6.61 Å². The van der Waals surface area contributed by atoms with Gasteiger partial charge in [-0.3, -0.25) is 9.69 Å². The first-order valence-corrected chi connectivity index (χ1v) is 10.4. The van der Waals surface area contributed by atoms with Gasteiger partial charge in [-0.15, -0.1) is 6.42 Å². The number of thioether (sulfide) groups is 1. The number of hydrogen-bond donors (Lipinski definition) is 0. The van der Waals surface area contributed by atoms with Crippen molar-refractivity contribution < 1.29 is 14.3 Å². The van der Waals surface area contributed by atoms with Crippen LogP contribution in [0.1, 0.15) is 23.6 Å². The summed E-state index contributed by atoms with van der Waals surface area (Å²) in [6, 6.07) is 11.5. The molecule has 1 amide bonds. The number of nitrogens with zero attached hydrogens (tertiary/aromatic N) is 2. The van der Waals surface area contributed by atoms with Gasteiger partial charge in [-0.25, -0.2) is 4.99 Å². The molecule has 1 fully saturated rings. The van der Waals surface area contributed by atoms with E-state index in [1.807, 2.05) is 50.3 Å². The number of hydrogen-bond acceptors (Lipinski definition) is 5. The van der Waals surface area contributed by atoms with E-state index in [0.29, 0.717) is 28.2 Å². The van der Waals surface area contributed by atoms with Crippen molar-refractivity contribution >= 4 is 34.6 Å². The molecule has 1 saturated heterocycles. The third kappa shape index (κ3) is 4.87. The summed E-state index contributed by atoms with van der Waals surface area (Å²) < 4.78 is 11.2. The van der Waals surface area contributed by atoms with Gasteiger partial charge in [0.15, 0.2) is 16.7 Å². The molecule has 6 heteroatoms. The van der Waals surface area contributed by atoms with Gasteiger partial charge >= 0.3 is 0 Å². The van der Waals surface area contributed by atoms with E-state index in [2.05, 4.69) is 17.8 Å². The highest BCUT2D eigenvalue weighted by Crippen LogP contribution is 2.35. The summed E-state index contributed by atoms with van der Waals surface area (Å²) in [4.78, 5) is 19.6. The lowest BCUT2D eigenvalue weighted by Crippen LogP contribution is -2.23. The predicted molar refractivity (Wildman–Crippen MR) is 123 cm³/mol. The molecule has 0 atom stereocenters. The van der Waals surface area contributed by atoms with Gasteiger partial charge in [0.05, 0.1) is 17.2 Å². The van der Waals surface area contributed by atoms with Crippen LogP contribution in [0.15, 0.2) is 46.3 Å². The highest BCUT2D eigenvalue weighted by Gasteiger charge is 2.30. The molecule has 2 aromatic rings. The van der Waals surface area contributed by atoms with E-state index in [9.17, 15) is 4.79 Å². The Bertz CT molecular complexity index is 1070. The number of rotatable bonds is 6. The first-order chi connectivity index (χ1) is 14.4. The smallest absolute Gasteiger partial charge is 0.266 e. The summed E-state index contributed by atoms with van der Waals surface area (Å²) in [5.41, 5.74) is 4.04. The second kappa shape index (κ2) is 9.55. The van der Waals surface area contributed by atoms with E-state index < -0.39 is 0 Å². The van der Waals surface area contributed by atoms with Crippen LogP contribution < -0.4 is 9.47 Å². The van der Waals surface area contributed by atoms with Crippen LogP contribution in [0.2, 0.25) is 0 Å². The fraction of sp³-hybridized carbons (Fsp3) is 0.250. The van der Waals surface area contributed by atoms with Crippen LogP contribution in [0.3, 0.4) is 0 Å². The molecule has 0 N–H and O–H groups in total. The third-order valence-electron chi connectivity index (χ3n) is 4.60. The van der Waals surface area contributed by atoms with Crippen molar-refractivity contribution in [3.05, 3.63) is 58.0 Å². The lowest BCUT2D eigenvalue weighted by molar-refractivity contribution is -0.121. The van der Waals surface area contributed by atoms with Crippen molar-refractivity contribution in [2.75, 3.05) is 20.3 Å². The fourth-order valence-corrected chi connectivity index (χ4v) is 3.82. The number of terminal acetylenes is 1. The van der Waals surface area contributed by atoms with Gasteiger partial charge in [0, 0.05) is 7.05 Å². The monoisotopic (exact) mass is 420 g/mol. The van der Waals surface area contributed by atoms with Gasteiger partial charge in [0.2, 0.25) is 0 Å². The maximum Gasteiger partial charge on any atom is 0.266 e. The number of benzene rings is 2. The first-order valence-electron chi connectivity index (χ1n) is 9.59. The van der Waals surface area contributed by atoms with Crippen LogP contribution in [0.5, 0.6) is 11.5 Å². The average molecular weight is 421 g/mol. The van der Waals surface area contributed by atoms with E-state index in [4.69, 9.17) is 15.9 Å². The van der Waals surface area contributed by atoms with Crippen molar-refractivity contribution in [3.63, 3.8) is 0 Å². The highest BCUT2D eigenvalue weighted by molar-refractivity contribution is 8.18. The minimum Gasteiger partial charge on any atom is -0.490 e. The van der Waals surface area contributed by atoms with Gasteiger partial charge in [-0.1, -0.05) is 18.1 Å². The highest BCUT2D eigenvalue weighted by atomic mass is 32.2. The number of amides is 1. The Balaban J connectivity index is 1.87. The summed E-state index contributed by atoms with van der Waals surface area (Å²) in [5, 5.41) is 0.647. The lowest BCUT2D eigenvalue weighted by atomic mass is 10.1. The molecule has 0 radical (unpaired) electrons. The molecule has 154 valence electrons. The van der Waals surface area contributed by atoms with Crippen LogP contribution in [0, 0.1) is 26.2 Å². The summed E-state index contributed by atoms with van der Waals surface area (Å²) in [7, 11) is 1.73. The molecule has 0 bridgehead atoms. The molecular weight excluding hydrogens is 396 g/mol. The number of likely N-dealkylation sites (N-methyl/N-ethyl adjacent to an activating group) is 1. The molecule has 0 aromatic heterocycles. The standard InChI is InChI=1S/C24H24N2O3S/c1-6-12-29-20-11-9-18(14-21(20)28-7-2)15-22-23(27)26(5)24(30-22)25-19-10-8-16(3)17(4)13-19/h1,8-11,13-15H,7,12H2,2-5H3/b22-15-,25-24?. The van der Waals surface area contributed by atoms with E-state index in [-0.39, 0.29) is 12.5 Å². The fourth-order valence-electron chi connectivity index (χ4n) is 2.83. The number of aryl methyl sites for hydroxylation is 2. The molecule has 3 rings (SSSR count). The first kappa shape index (κ1) is 21.5. The number of amidine groups is 1. The Labute approximate surface area is 181 Å². The van der Waals surface area contributed by atoms with Crippen LogP contribution in [0.4, 0.5) is 5.69 Å². The zero-order chi connectivity index (χ0) is 21.7. The van der Waals surface area contributed by atoms with Crippen LogP contribution in [0.25, 0.3) is 6.08 Å². The third-order valence-corrected chi connectivity index (χ3v) is 5.66. The predicted octanol–water partition coefficient (Wildman–Crippen LogP) is 4.95. The van der Waals surface area contributed by atoms with E-state index in [0.717, 1.165) is 11.3 Å². The Hall–Kier alpha value is -3.17. The van der Waals surface area contributed by atoms with E-state index in [1.54, 1.807) is 18.0 Å². The Morgan fingerprint density at radius 3 is 2.63 bits per heavy atom. The zero-order valence-electron chi connectivity index (χ0n) is 17.6. The second-order valence-corrected chi connectivity index (χ2v) is 7.78. The topological polar surface area (TPSA) is 51.1 Å². The molecule has 30 heavy (non-hydrogen) atoms. The molecule has 5 nitrogen and oxygen atoms in total. The van der Waals surface area contributed by atoms with Crippen LogP contribution >= 0.6 is 11.8 Å². The maximum absolute atomic E-state index is 12.7.